The molecule has 1 aromatic rings. The predicted octanol–water partition coefficient (Wildman–Crippen LogP) is 2.73. The van der Waals surface area contributed by atoms with Crippen molar-refractivity contribution in [2.75, 3.05) is 7.05 Å². The zero-order valence-electron chi connectivity index (χ0n) is 11.3. The highest BCUT2D eigenvalue weighted by Crippen LogP contribution is 2.28. The van der Waals surface area contributed by atoms with Crippen molar-refractivity contribution in [1.29, 1.82) is 5.26 Å². The van der Waals surface area contributed by atoms with Crippen LogP contribution in [0.15, 0.2) is 12.3 Å². The first-order valence-corrected chi connectivity index (χ1v) is 6.82. The minimum absolute atomic E-state index is 0.284. The van der Waals surface area contributed by atoms with Gasteiger partial charge in [-0.05, 0) is 32.9 Å². The van der Waals surface area contributed by atoms with E-state index in [0.29, 0.717) is 12.5 Å². The molecule has 1 saturated carbocycles. The van der Waals surface area contributed by atoms with Gasteiger partial charge >= 0.3 is 0 Å². The molecule has 1 atom stereocenters. The molecule has 0 bridgehead atoms. The van der Waals surface area contributed by atoms with Crippen LogP contribution in [0, 0.1) is 11.3 Å². The SMILES string of the molecule is CC(CC#N)N(C)Cc1ccn(C2CCCC2)n1. The van der Waals surface area contributed by atoms with Crippen LogP contribution in [-0.2, 0) is 6.54 Å². The van der Waals surface area contributed by atoms with Crippen LogP contribution in [0.3, 0.4) is 0 Å². The fourth-order valence-corrected chi connectivity index (χ4v) is 2.53. The first-order valence-electron chi connectivity index (χ1n) is 6.82. The first-order chi connectivity index (χ1) is 8.70. The summed E-state index contributed by atoms with van der Waals surface area (Å²) in [5, 5.41) is 13.4. The summed E-state index contributed by atoms with van der Waals surface area (Å²) < 4.78 is 2.13. The van der Waals surface area contributed by atoms with Crippen LogP contribution in [0.25, 0.3) is 0 Å². The van der Waals surface area contributed by atoms with Crippen LogP contribution in [0.5, 0.6) is 0 Å². The second-order valence-corrected chi connectivity index (χ2v) is 5.35. The van der Waals surface area contributed by atoms with Gasteiger partial charge in [-0.15, -0.1) is 0 Å². The quantitative estimate of drug-likeness (QED) is 0.802. The Labute approximate surface area is 109 Å². The lowest BCUT2D eigenvalue weighted by Crippen LogP contribution is -2.28. The van der Waals surface area contributed by atoms with Gasteiger partial charge in [-0.2, -0.15) is 10.4 Å². The molecule has 0 aliphatic heterocycles. The van der Waals surface area contributed by atoms with E-state index in [2.05, 4.69) is 47.0 Å². The summed E-state index contributed by atoms with van der Waals surface area (Å²) in [6.45, 7) is 2.90. The molecule has 0 aromatic carbocycles. The number of nitriles is 1. The van der Waals surface area contributed by atoms with E-state index in [-0.39, 0.29) is 6.04 Å². The molecular weight excluding hydrogens is 224 g/mol. The van der Waals surface area contributed by atoms with E-state index in [1.807, 2.05) is 0 Å². The molecule has 1 aliphatic rings. The Bertz CT molecular complexity index is 412. The molecule has 1 unspecified atom stereocenters. The van der Waals surface area contributed by atoms with Crippen LogP contribution < -0.4 is 0 Å². The molecule has 1 aliphatic carbocycles. The molecule has 4 heteroatoms. The summed E-state index contributed by atoms with van der Waals surface area (Å²) >= 11 is 0. The first kappa shape index (κ1) is 13.1. The van der Waals surface area contributed by atoms with E-state index in [1.54, 1.807) is 0 Å². The van der Waals surface area contributed by atoms with Crippen molar-refractivity contribution in [1.82, 2.24) is 14.7 Å². The van der Waals surface area contributed by atoms with E-state index < -0.39 is 0 Å². The van der Waals surface area contributed by atoms with Crippen LogP contribution in [-0.4, -0.2) is 27.8 Å². The Balaban J connectivity index is 1.92. The molecule has 1 fully saturated rings. The zero-order chi connectivity index (χ0) is 13.0. The van der Waals surface area contributed by atoms with Gasteiger partial charge in [0.2, 0.25) is 0 Å². The number of hydrogen-bond donors (Lipinski definition) is 0. The molecule has 0 saturated heterocycles. The molecule has 18 heavy (non-hydrogen) atoms. The molecule has 1 aromatic heterocycles. The van der Waals surface area contributed by atoms with Gasteiger partial charge in [-0.25, -0.2) is 0 Å². The molecular formula is C14H22N4. The maximum Gasteiger partial charge on any atom is 0.0764 e. The van der Waals surface area contributed by atoms with Crippen molar-refractivity contribution in [2.45, 2.75) is 57.7 Å². The molecule has 0 amide bonds. The highest BCUT2D eigenvalue weighted by Gasteiger charge is 2.18. The van der Waals surface area contributed by atoms with Gasteiger partial charge in [0.1, 0.15) is 0 Å². The molecule has 98 valence electrons. The van der Waals surface area contributed by atoms with Gasteiger partial charge in [0.25, 0.3) is 0 Å². The zero-order valence-corrected chi connectivity index (χ0v) is 11.3. The van der Waals surface area contributed by atoms with Crippen molar-refractivity contribution in [2.24, 2.45) is 0 Å². The molecule has 0 radical (unpaired) electrons. The minimum atomic E-state index is 0.284. The standard InChI is InChI=1S/C14H22N4/c1-12(7-9-15)17(2)11-13-8-10-18(16-13)14-5-3-4-6-14/h8,10,12,14H,3-7,11H2,1-2H3. The Morgan fingerprint density at radius 2 is 2.28 bits per heavy atom. The third-order valence-corrected chi connectivity index (χ3v) is 3.91. The van der Waals surface area contributed by atoms with Crippen LogP contribution in [0.1, 0.15) is 50.8 Å². The summed E-state index contributed by atoms with van der Waals surface area (Å²) in [7, 11) is 2.05. The van der Waals surface area contributed by atoms with Gasteiger partial charge in [0.15, 0.2) is 0 Å². The summed E-state index contributed by atoms with van der Waals surface area (Å²) in [6, 6.07) is 5.22. The second-order valence-electron chi connectivity index (χ2n) is 5.35. The van der Waals surface area contributed by atoms with Gasteiger partial charge < -0.3 is 0 Å². The monoisotopic (exact) mass is 246 g/mol. The average Bonchev–Trinajstić information content (AvgIpc) is 2.98. The summed E-state index contributed by atoms with van der Waals surface area (Å²) in [5.41, 5.74) is 1.11. The molecule has 0 N–H and O–H groups in total. The Morgan fingerprint density at radius 1 is 1.56 bits per heavy atom. The number of rotatable bonds is 5. The van der Waals surface area contributed by atoms with E-state index >= 15 is 0 Å². The van der Waals surface area contributed by atoms with E-state index in [4.69, 9.17) is 5.26 Å². The lowest BCUT2D eigenvalue weighted by molar-refractivity contribution is 0.248. The summed E-state index contributed by atoms with van der Waals surface area (Å²) in [6.07, 6.45) is 7.87. The lowest BCUT2D eigenvalue weighted by atomic mass is 10.2. The normalized spacial score (nSPS) is 18.1. The smallest absolute Gasteiger partial charge is 0.0764 e. The largest absolute Gasteiger partial charge is 0.297 e. The number of nitrogens with zero attached hydrogens (tertiary/aromatic N) is 4. The summed E-state index contributed by atoms with van der Waals surface area (Å²) in [4.78, 5) is 2.19. The highest BCUT2D eigenvalue weighted by molar-refractivity contribution is 5.00. The molecule has 2 rings (SSSR count). The number of aromatic nitrogens is 2. The third kappa shape index (κ3) is 3.11. The maximum atomic E-state index is 8.70. The van der Waals surface area contributed by atoms with Gasteiger partial charge in [0, 0.05) is 18.8 Å². The predicted molar refractivity (Wildman–Crippen MR) is 70.9 cm³/mol. The summed E-state index contributed by atoms with van der Waals surface area (Å²) in [5.74, 6) is 0. The van der Waals surface area contributed by atoms with Crippen molar-refractivity contribution >= 4 is 0 Å². The molecule has 1 heterocycles. The third-order valence-electron chi connectivity index (χ3n) is 3.91. The lowest BCUT2D eigenvalue weighted by Gasteiger charge is -2.21. The van der Waals surface area contributed by atoms with Gasteiger partial charge in [-0.1, -0.05) is 12.8 Å². The van der Waals surface area contributed by atoms with Crippen molar-refractivity contribution in [3.05, 3.63) is 18.0 Å². The van der Waals surface area contributed by atoms with Crippen molar-refractivity contribution in [3.8, 4) is 6.07 Å². The van der Waals surface area contributed by atoms with Crippen molar-refractivity contribution in [3.63, 3.8) is 0 Å². The Hall–Kier alpha value is -1.34. The fraction of sp³-hybridized carbons (Fsp3) is 0.714. The van der Waals surface area contributed by atoms with E-state index in [1.165, 1.54) is 25.7 Å². The van der Waals surface area contributed by atoms with Gasteiger partial charge in [0.05, 0.1) is 24.2 Å². The Kier molecular flexibility index (Phi) is 4.38. The van der Waals surface area contributed by atoms with Crippen LogP contribution >= 0.6 is 0 Å². The van der Waals surface area contributed by atoms with E-state index in [0.717, 1.165) is 12.2 Å². The second kappa shape index (κ2) is 6.01. The highest BCUT2D eigenvalue weighted by atomic mass is 15.3. The van der Waals surface area contributed by atoms with Crippen molar-refractivity contribution < 1.29 is 0 Å². The number of hydrogen-bond acceptors (Lipinski definition) is 3. The van der Waals surface area contributed by atoms with Crippen LogP contribution in [0.4, 0.5) is 0 Å². The topological polar surface area (TPSA) is 44.9 Å². The molecule has 0 spiro atoms. The fourth-order valence-electron chi connectivity index (χ4n) is 2.53. The minimum Gasteiger partial charge on any atom is -0.297 e. The van der Waals surface area contributed by atoms with Gasteiger partial charge in [-0.3, -0.25) is 9.58 Å². The van der Waals surface area contributed by atoms with E-state index in [9.17, 15) is 0 Å². The Morgan fingerprint density at radius 3 is 2.94 bits per heavy atom. The van der Waals surface area contributed by atoms with Crippen LogP contribution in [0.2, 0.25) is 0 Å². The molecule has 4 nitrogen and oxygen atoms in total. The maximum absolute atomic E-state index is 8.70. The average molecular weight is 246 g/mol.